The Bertz CT molecular complexity index is 1180. The number of nitrogens with zero attached hydrogens (tertiary/aromatic N) is 1. The molecule has 1 fully saturated rings. The van der Waals surface area contributed by atoms with Gasteiger partial charge in [-0.1, -0.05) is 11.6 Å². The van der Waals surface area contributed by atoms with Crippen LogP contribution in [-0.4, -0.2) is 37.6 Å². The quantitative estimate of drug-likeness (QED) is 0.200. The van der Waals surface area contributed by atoms with E-state index < -0.39 is 26.7 Å². The first-order chi connectivity index (χ1) is 14.7. The molecule has 0 saturated carbocycles. The van der Waals surface area contributed by atoms with E-state index in [1.807, 2.05) is 5.32 Å². The third-order valence-corrected chi connectivity index (χ3v) is 6.28. The number of carbonyl (C=O) groups excluding carboxylic acids is 2. The van der Waals surface area contributed by atoms with Crippen LogP contribution in [0.15, 0.2) is 53.1 Å². The van der Waals surface area contributed by atoms with E-state index in [0.29, 0.717) is 5.02 Å². The van der Waals surface area contributed by atoms with Crippen LogP contribution in [0, 0.1) is 10.1 Å². The summed E-state index contributed by atoms with van der Waals surface area (Å²) in [6.45, 7) is 0.0395. The first-order valence-electron chi connectivity index (χ1n) is 8.89. The van der Waals surface area contributed by atoms with Crippen molar-refractivity contribution in [3.05, 3.63) is 68.9 Å². The predicted octanol–water partition coefficient (Wildman–Crippen LogP) is 2.67. The van der Waals surface area contributed by atoms with Crippen molar-refractivity contribution in [2.24, 2.45) is 0 Å². The molecule has 1 aliphatic heterocycles. The molecular weight excluding hydrogens is 450 g/mol. The molecule has 1 saturated heterocycles. The van der Waals surface area contributed by atoms with Crippen molar-refractivity contribution in [1.82, 2.24) is 10.6 Å². The van der Waals surface area contributed by atoms with E-state index in [2.05, 4.69) is 5.32 Å². The van der Waals surface area contributed by atoms with Gasteiger partial charge in [0.25, 0.3) is 11.6 Å². The van der Waals surface area contributed by atoms with Gasteiger partial charge >= 0.3 is 6.03 Å². The SMILES string of the molecule is O=C1NC(=O)/C(=C\c2cc(OCCCS(=O)(=O)c3ccc(Cl)cc3)ccc2[N+](=O)[O-])N1. The fourth-order valence-corrected chi connectivity index (χ4v) is 4.15. The third-order valence-electron chi connectivity index (χ3n) is 4.21. The number of sulfone groups is 1. The summed E-state index contributed by atoms with van der Waals surface area (Å²) in [5.74, 6) is -0.630. The number of urea groups is 1. The summed E-state index contributed by atoms with van der Waals surface area (Å²) in [5, 5.41) is 15.9. The van der Waals surface area contributed by atoms with Crippen LogP contribution in [0.3, 0.4) is 0 Å². The molecule has 0 atom stereocenters. The maximum Gasteiger partial charge on any atom is 0.326 e. The molecular formula is C19H16ClN3O7S. The number of amides is 3. The second kappa shape index (κ2) is 9.14. The molecule has 3 rings (SSSR count). The maximum absolute atomic E-state index is 12.3. The molecule has 2 aromatic carbocycles. The van der Waals surface area contributed by atoms with Gasteiger partial charge in [0.1, 0.15) is 11.4 Å². The minimum absolute atomic E-state index is 0.0395. The molecule has 12 heteroatoms. The van der Waals surface area contributed by atoms with Crippen LogP contribution in [0.25, 0.3) is 6.08 Å². The zero-order valence-corrected chi connectivity index (χ0v) is 17.4. The molecule has 1 aliphatic rings. The number of nitro benzene ring substituents is 1. The Kier molecular flexibility index (Phi) is 6.56. The molecule has 0 aliphatic carbocycles. The highest BCUT2D eigenvalue weighted by molar-refractivity contribution is 7.91. The number of hydrogen-bond acceptors (Lipinski definition) is 7. The molecule has 10 nitrogen and oxygen atoms in total. The summed E-state index contributed by atoms with van der Waals surface area (Å²) in [4.78, 5) is 33.7. The minimum atomic E-state index is -3.51. The van der Waals surface area contributed by atoms with Gasteiger partial charge in [0.15, 0.2) is 9.84 Å². The first kappa shape index (κ1) is 22.2. The van der Waals surface area contributed by atoms with E-state index in [0.717, 1.165) is 6.08 Å². The number of nitrogens with one attached hydrogen (secondary N) is 2. The van der Waals surface area contributed by atoms with Crippen molar-refractivity contribution in [1.29, 1.82) is 0 Å². The number of benzene rings is 2. The lowest BCUT2D eigenvalue weighted by molar-refractivity contribution is -0.385. The molecule has 31 heavy (non-hydrogen) atoms. The van der Waals surface area contributed by atoms with Gasteiger partial charge in [-0.2, -0.15) is 0 Å². The number of hydrogen-bond donors (Lipinski definition) is 2. The lowest BCUT2D eigenvalue weighted by Gasteiger charge is -2.08. The lowest BCUT2D eigenvalue weighted by Crippen LogP contribution is -2.22. The highest BCUT2D eigenvalue weighted by Gasteiger charge is 2.24. The van der Waals surface area contributed by atoms with E-state index in [4.69, 9.17) is 16.3 Å². The Hall–Kier alpha value is -3.44. The normalized spacial score (nSPS) is 14.9. The van der Waals surface area contributed by atoms with Gasteiger partial charge in [-0.05, 0) is 48.9 Å². The van der Waals surface area contributed by atoms with Gasteiger partial charge in [-0.3, -0.25) is 20.2 Å². The fourth-order valence-electron chi connectivity index (χ4n) is 2.74. The smallest absolute Gasteiger partial charge is 0.326 e. The molecule has 2 aromatic rings. The van der Waals surface area contributed by atoms with E-state index in [1.165, 1.54) is 42.5 Å². The number of nitro groups is 1. The third kappa shape index (κ3) is 5.58. The van der Waals surface area contributed by atoms with E-state index in [-0.39, 0.29) is 46.4 Å². The topological polar surface area (TPSA) is 145 Å². The molecule has 0 aromatic heterocycles. The standard InChI is InChI=1S/C19H16ClN3O7S/c20-13-2-5-15(6-3-13)31(28,29)9-1-8-30-14-4-7-17(23(26)27)12(10-14)11-16-18(24)22-19(25)21-16/h2-7,10-11H,1,8-9H2,(H2,21,22,24,25)/b16-11+. The number of rotatable bonds is 8. The molecule has 0 spiro atoms. The van der Waals surface area contributed by atoms with E-state index in [1.54, 1.807) is 0 Å². The van der Waals surface area contributed by atoms with Crippen LogP contribution in [0.2, 0.25) is 5.02 Å². The van der Waals surface area contributed by atoms with Gasteiger partial charge in [0, 0.05) is 11.1 Å². The van der Waals surface area contributed by atoms with Crippen molar-refractivity contribution in [2.45, 2.75) is 11.3 Å². The summed E-state index contributed by atoms with van der Waals surface area (Å²) >= 11 is 5.76. The van der Waals surface area contributed by atoms with E-state index in [9.17, 15) is 28.1 Å². The second-order valence-electron chi connectivity index (χ2n) is 6.42. The Balaban J connectivity index is 1.67. The van der Waals surface area contributed by atoms with Gasteiger partial charge in [-0.25, -0.2) is 13.2 Å². The molecule has 1 heterocycles. The second-order valence-corrected chi connectivity index (χ2v) is 8.96. The average molecular weight is 466 g/mol. The van der Waals surface area contributed by atoms with Crippen molar-refractivity contribution >= 4 is 45.1 Å². The summed E-state index contributed by atoms with van der Waals surface area (Å²) in [5.41, 5.74) is -0.387. The molecule has 0 radical (unpaired) electrons. The Labute approximate surface area is 181 Å². The first-order valence-corrected chi connectivity index (χ1v) is 10.9. The minimum Gasteiger partial charge on any atom is -0.494 e. The Morgan fingerprint density at radius 1 is 1.10 bits per heavy atom. The van der Waals surface area contributed by atoms with Crippen molar-refractivity contribution < 1.29 is 27.7 Å². The van der Waals surface area contributed by atoms with Gasteiger partial charge in [0.05, 0.1) is 27.7 Å². The molecule has 3 amide bonds. The van der Waals surface area contributed by atoms with Crippen LogP contribution in [0.4, 0.5) is 10.5 Å². The Morgan fingerprint density at radius 2 is 1.81 bits per heavy atom. The van der Waals surface area contributed by atoms with Crippen LogP contribution in [0.1, 0.15) is 12.0 Å². The Morgan fingerprint density at radius 3 is 2.42 bits per heavy atom. The summed E-state index contributed by atoms with van der Waals surface area (Å²) in [7, 11) is -3.51. The summed E-state index contributed by atoms with van der Waals surface area (Å²) in [6.07, 6.45) is 1.34. The predicted molar refractivity (Wildman–Crippen MR) is 111 cm³/mol. The average Bonchev–Trinajstić information content (AvgIpc) is 3.02. The molecule has 0 bridgehead atoms. The van der Waals surface area contributed by atoms with E-state index >= 15 is 0 Å². The van der Waals surface area contributed by atoms with Crippen LogP contribution in [0.5, 0.6) is 5.75 Å². The molecule has 162 valence electrons. The number of halogens is 1. The zero-order chi connectivity index (χ0) is 22.6. The van der Waals surface area contributed by atoms with Crippen LogP contribution < -0.4 is 15.4 Å². The van der Waals surface area contributed by atoms with Gasteiger partial charge < -0.3 is 10.1 Å². The van der Waals surface area contributed by atoms with Gasteiger partial charge in [0.2, 0.25) is 0 Å². The zero-order valence-electron chi connectivity index (χ0n) is 15.8. The van der Waals surface area contributed by atoms with Crippen molar-refractivity contribution in [3.8, 4) is 5.75 Å². The van der Waals surface area contributed by atoms with Crippen molar-refractivity contribution in [2.75, 3.05) is 12.4 Å². The maximum atomic E-state index is 12.3. The van der Waals surface area contributed by atoms with Gasteiger partial charge in [-0.15, -0.1) is 0 Å². The number of ether oxygens (including phenoxy) is 1. The molecule has 0 unspecified atom stereocenters. The van der Waals surface area contributed by atoms with Crippen LogP contribution in [-0.2, 0) is 14.6 Å². The van der Waals surface area contributed by atoms with Crippen molar-refractivity contribution in [3.63, 3.8) is 0 Å². The monoisotopic (exact) mass is 465 g/mol. The highest BCUT2D eigenvalue weighted by atomic mass is 35.5. The number of carbonyl (C=O) groups is 2. The number of imide groups is 1. The summed E-state index contributed by atoms with van der Waals surface area (Å²) in [6, 6.07) is 8.99. The molecule has 2 N–H and O–H groups in total. The highest BCUT2D eigenvalue weighted by Crippen LogP contribution is 2.27. The fraction of sp³-hybridized carbons (Fsp3) is 0.158. The summed E-state index contributed by atoms with van der Waals surface area (Å²) < 4.78 is 30.2. The largest absolute Gasteiger partial charge is 0.494 e. The lowest BCUT2D eigenvalue weighted by atomic mass is 10.1. The van der Waals surface area contributed by atoms with Crippen LogP contribution >= 0.6 is 11.6 Å².